The maximum Gasteiger partial charge on any atom is 0.191 e. The molecule has 0 amide bonds. The number of nitrogens with one attached hydrogen (secondary N) is 1. The van der Waals surface area contributed by atoms with Crippen molar-refractivity contribution in [2.24, 2.45) is 10.7 Å². The van der Waals surface area contributed by atoms with Crippen LogP contribution in [0.5, 0.6) is 0 Å². The quantitative estimate of drug-likeness (QED) is 0.528. The number of aliphatic imine (C=N–C) groups is 1. The highest BCUT2D eigenvalue weighted by atomic mass is 32.1. The summed E-state index contributed by atoms with van der Waals surface area (Å²) in [5, 5.41) is 10.2. The molecular weight excluding hydrogens is 360 g/mol. The number of aryl methyl sites for hydroxylation is 1. The lowest BCUT2D eigenvalue weighted by molar-refractivity contribution is 0.380. The number of rotatable bonds is 4. The lowest BCUT2D eigenvalue weighted by Gasteiger charge is -2.35. The molecule has 1 aromatic carbocycles. The van der Waals surface area contributed by atoms with E-state index in [9.17, 15) is 0 Å². The van der Waals surface area contributed by atoms with E-state index < -0.39 is 0 Å². The fourth-order valence-corrected chi connectivity index (χ4v) is 3.75. The van der Waals surface area contributed by atoms with Gasteiger partial charge in [0.25, 0.3) is 0 Å². The Labute approximate surface area is 161 Å². The van der Waals surface area contributed by atoms with E-state index >= 15 is 0 Å². The molecular formula is C18H22N8S. The van der Waals surface area contributed by atoms with Crippen molar-refractivity contribution >= 4 is 22.4 Å². The number of hydrogen-bond acceptors (Lipinski definition) is 6. The minimum atomic E-state index is 0.537. The Morgan fingerprint density at radius 3 is 2.85 bits per heavy atom. The third kappa shape index (κ3) is 4.08. The van der Waals surface area contributed by atoms with Gasteiger partial charge in [-0.25, -0.2) is 15.0 Å². The predicted molar refractivity (Wildman–Crippen MR) is 108 cm³/mol. The maximum absolute atomic E-state index is 6.23. The summed E-state index contributed by atoms with van der Waals surface area (Å²) < 4.78 is 0. The molecule has 0 radical (unpaired) electrons. The van der Waals surface area contributed by atoms with E-state index in [0.717, 1.165) is 48.3 Å². The summed E-state index contributed by atoms with van der Waals surface area (Å²) in [5.41, 5.74) is 8.29. The fraction of sp³-hybridized carbons (Fsp3) is 0.333. The largest absolute Gasteiger partial charge is 0.370 e. The zero-order valence-corrected chi connectivity index (χ0v) is 16.0. The Morgan fingerprint density at radius 2 is 2.15 bits per heavy atom. The summed E-state index contributed by atoms with van der Waals surface area (Å²) in [6, 6.07) is 8.09. The van der Waals surface area contributed by atoms with Gasteiger partial charge in [0.15, 0.2) is 16.9 Å². The van der Waals surface area contributed by atoms with Gasteiger partial charge in [-0.05, 0) is 18.6 Å². The molecule has 0 saturated carbocycles. The Bertz CT molecular complexity index is 909. The monoisotopic (exact) mass is 382 g/mol. The number of anilines is 1. The number of thiazole rings is 1. The second kappa shape index (κ2) is 7.75. The van der Waals surface area contributed by atoms with Crippen molar-refractivity contribution in [2.75, 3.05) is 31.1 Å². The van der Waals surface area contributed by atoms with Crippen LogP contribution in [0.3, 0.4) is 0 Å². The first kappa shape index (κ1) is 17.5. The van der Waals surface area contributed by atoms with E-state index in [0.29, 0.717) is 18.3 Å². The molecule has 9 heteroatoms. The van der Waals surface area contributed by atoms with Gasteiger partial charge >= 0.3 is 0 Å². The van der Waals surface area contributed by atoms with E-state index in [4.69, 9.17) is 5.73 Å². The number of piperazine rings is 1. The summed E-state index contributed by atoms with van der Waals surface area (Å²) in [6.07, 6.45) is 1.84. The van der Waals surface area contributed by atoms with Gasteiger partial charge in [0, 0.05) is 43.3 Å². The number of hydrogen-bond donors (Lipinski definition) is 2. The summed E-state index contributed by atoms with van der Waals surface area (Å²) in [4.78, 5) is 17.8. The fourth-order valence-electron chi connectivity index (χ4n) is 3.05. The van der Waals surface area contributed by atoms with Crippen molar-refractivity contribution in [3.8, 4) is 11.4 Å². The Kier molecular flexibility index (Phi) is 5.01. The van der Waals surface area contributed by atoms with Gasteiger partial charge in [-0.15, -0.1) is 11.3 Å². The maximum atomic E-state index is 6.23. The highest BCUT2D eigenvalue weighted by molar-refractivity contribution is 7.13. The van der Waals surface area contributed by atoms with Gasteiger partial charge in [0.1, 0.15) is 5.82 Å². The molecule has 4 rings (SSSR count). The molecule has 0 spiro atoms. The molecule has 1 saturated heterocycles. The van der Waals surface area contributed by atoms with E-state index in [1.807, 2.05) is 36.7 Å². The predicted octanol–water partition coefficient (Wildman–Crippen LogP) is 1.87. The lowest BCUT2D eigenvalue weighted by atomic mass is 10.1. The van der Waals surface area contributed by atoms with Crippen LogP contribution in [0.1, 0.15) is 11.4 Å². The number of guanidine groups is 1. The normalized spacial score (nSPS) is 15.4. The molecule has 140 valence electrons. The Balaban J connectivity index is 1.37. The summed E-state index contributed by atoms with van der Waals surface area (Å²) in [5.74, 6) is 2.09. The summed E-state index contributed by atoms with van der Waals surface area (Å²) in [7, 11) is 0. The first-order valence-corrected chi connectivity index (χ1v) is 9.74. The number of aromatic nitrogens is 4. The molecule has 3 heterocycles. The average Bonchev–Trinajstić information content (AvgIpc) is 3.38. The number of benzene rings is 1. The van der Waals surface area contributed by atoms with E-state index in [-0.39, 0.29) is 0 Å². The van der Waals surface area contributed by atoms with Crippen molar-refractivity contribution in [3.05, 3.63) is 47.2 Å². The zero-order chi connectivity index (χ0) is 18.6. The third-order valence-electron chi connectivity index (χ3n) is 4.50. The minimum Gasteiger partial charge on any atom is -0.370 e. The second-order valence-corrected chi connectivity index (χ2v) is 7.28. The van der Waals surface area contributed by atoms with Crippen molar-refractivity contribution in [3.63, 3.8) is 0 Å². The molecule has 0 unspecified atom stereocenters. The average molecular weight is 382 g/mol. The Hall–Kier alpha value is -2.94. The van der Waals surface area contributed by atoms with Crippen LogP contribution in [0.4, 0.5) is 5.13 Å². The van der Waals surface area contributed by atoms with Crippen molar-refractivity contribution in [1.82, 2.24) is 25.1 Å². The molecule has 3 aromatic rings. The van der Waals surface area contributed by atoms with E-state index in [2.05, 4.69) is 41.0 Å². The molecule has 3 N–H and O–H groups in total. The van der Waals surface area contributed by atoms with Crippen LogP contribution in [0, 0.1) is 6.92 Å². The Morgan fingerprint density at radius 1 is 1.30 bits per heavy atom. The third-order valence-corrected chi connectivity index (χ3v) is 5.33. The molecule has 1 aliphatic heterocycles. The van der Waals surface area contributed by atoms with Crippen molar-refractivity contribution < 1.29 is 0 Å². The molecule has 1 fully saturated rings. The van der Waals surface area contributed by atoms with Crippen LogP contribution >= 0.6 is 11.3 Å². The first-order valence-electron chi connectivity index (χ1n) is 8.86. The SMILES string of the molecule is Cc1nc(-c2cccc(CN=C(N)N3CCN(c4nccs4)CC3)c2)n[nH]1. The van der Waals surface area contributed by atoms with Gasteiger partial charge in [-0.3, -0.25) is 5.10 Å². The second-order valence-electron chi connectivity index (χ2n) is 6.41. The van der Waals surface area contributed by atoms with Crippen LogP contribution in [-0.2, 0) is 6.54 Å². The van der Waals surface area contributed by atoms with Gasteiger partial charge in [0.05, 0.1) is 6.54 Å². The molecule has 1 aliphatic rings. The van der Waals surface area contributed by atoms with E-state index in [1.54, 1.807) is 11.3 Å². The number of nitrogens with zero attached hydrogens (tertiary/aromatic N) is 6. The summed E-state index contributed by atoms with van der Waals surface area (Å²) in [6.45, 7) is 5.94. The first-order chi connectivity index (χ1) is 13.2. The van der Waals surface area contributed by atoms with Crippen molar-refractivity contribution in [1.29, 1.82) is 0 Å². The molecule has 2 aromatic heterocycles. The van der Waals surface area contributed by atoms with Crippen LogP contribution in [0.25, 0.3) is 11.4 Å². The summed E-state index contributed by atoms with van der Waals surface area (Å²) >= 11 is 1.67. The van der Waals surface area contributed by atoms with Gasteiger partial charge < -0.3 is 15.5 Å². The highest BCUT2D eigenvalue weighted by Crippen LogP contribution is 2.19. The standard InChI is InChI=1S/C18H22N8S/c1-13-22-16(24-23-13)15-4-2-3-14(11-15)12-21-17(19)25-6-8-26(9-7-25)18-20-5-10-27-18/h2-5,10-11H,6-9,12H2,1H3,(H2,19,21)(H,22,23,24). The van der Waals surface area contributed by atoms with E-state index in [1.165, 1.54) is 0 Å². The van der Waals surface area contributed by atoms with Crippen LogP contribution in [0.2, 0.25) is 0 Å². The molecule has 27 heavy (non-hydrogen) atoms. The van der Waals surface area contributed by atoms with Crippen LogP contribution in [-0.4, -0.2) is 57.2 Å². The van der Waals surface area contributed by atoms with Crippen molar-refractivity contribution in [2.45, 2.75) is 13.5 Å². The molecule has 8 nitrogen and oxygen atoms in total. The van der Waals surface area contributed by atoms with Crippen LogP contribution in [0.15, 0.2) is 40.8 Å². The minimum absolute atomic E-state index is 0.537. The smallest absolute Gasteiger partial charge is 0.191 e. The topological polar surface area (TPSA) is 99.3 Å². The molecule has 0 aliphatic carbocycles. The molecule has 0 bridgehead atoms. The van der Waals surface area contributed by atoms with Gasteiger partial charge in [-0.1, -0.05) is 18.2 Å². The number of nitrogens with two attached hydrogens (primary N) is 1. The molecule has 0 atom stereocenters. The lowest BCUT2D eigenvalue weighted by Crippen LogP contribution is -2.51. The van der Waals surface area contributed by atoms with Gasteiger partial charge in [0.2, 0.25) is 0 Å². The number of aromatic amines is 1. The van der Waals surface area contributed by atoms with Gasteiger partial charge in [-0.2, -0.15) is 5.10 Å². The highest BCUT2D eigenvalue weighted by Gasteiger charge is 2.19. The van der Waals surface area contributed by atoms with Crippen LogP contribution < -0.4 is 10.6 Å². The number of H-pyrrole nitrogens is 1. The zero-order valence-electron chi connectivity index (χ0n) is 15.2.